The summed E-state index contributed by atoms with van der Waals surface area (Å²) in [4.78, 5) is 28.9. The molecule has 1 atom stereocenters. The molecular formula is C20H28N2O4. The van der Waals surface area contributed by atoms with Crippen LogP contribution in [0.5, 0.6) is 5.75 Å². The summed E-state index contributed by atoms with van der Waals surface area (Å²) >= 11 is 0. The van der Waals surface area contributed by atoms with Crippen LogP contribution in [0.2, 0.25) is 0 Å². The molecule has 2 fully saturated rings. The summed E-state index contributed by atoms with van der Waals surface area (Å²) in [6.07, 6.45) is 3.29. The van der Waals surface area contributed by atoms with Crippen LogP contribution in [0.4, 0.5) is 0 Å². The van der Waals surface area contributed by atoms with Gasteiger partial charge in [0.15, 0.2) is 0 Å². The topological polar surface area (TPSA) is 70.1 Å². The van der Waals surface area contributed by atoms with E-state index in [1.807, 2.05) is 9.80 Å². The first kappa shape index (κ1) is 18.7. The summed E-state index contributed by atoms with van der Waals surface area (Å²) in [5, 5.41) is 10.3. The van der Waals surface area contributed by atoms with E-state index < -0.39 is 0 Å². The maximum Gasteiger partial charge on any atom is 0.257 e. The molecule has 0 aromatic heterocycles. The third-order valence-electron chi connectivity index (χ3n) is 5.73. The number of ether oxygens (including phenoxy) is 1. The van der Waals surface area contributed by atoms with Crippen LogP contribution in [-0.2, 0) is 9.53 Å². The van der Waals surface area contributed by atoms with E-state index in [2.05, 4.69) is 0 Å². The van der Waals surface area contributed by atoms with E-state index in [1.54, 1.807) is 32.2 Å². The van der Waals surface area contributed by atoms with Crippen molar-refractivity contribution in [2.75, 3.05) is 39.9 Å². The summed E-state index contributed by atoms with van der Waals surface area (Å²) in [7, 11) is 1.64. The van der Waals surface area contributed by atoms with Crippen molar-refractivity contribution in [2.45, 2.75) is 32.6 Å². The molecule has 2 aliphatic heterocycles. The molecule has 1 aromatic rings. The van der Waals surface area contributed by atoms with E-state index in [1.165, 1.54) is 0 Å². The Hall–Kier alpha value is -2.08. The minimum Gasteiger partial charge on any atom is -0.507 e. The fourth-order valence-electron chi connectivity index (χ4n) is 4.22. The lowest BCUT2D eigenvalue weighted by molar-refractivity contribution is -0.139. The van der Waals surface area contributed by atoms with E-state index in [4.69, 9.17) is 4.74 Å². The van der Waals surface area contributed by atoms with Crippen molar-refractivity contribution in [1.29, 1.82) is 0 Å². The number of likely N-dealkylation sites (tertiary alicyclic amines) is 2. The Morgan fingerprint density at radius 1 is 1.31 bits per heavy atom. The van der Waals surface area contributed by atoms with Gasteiger partial charge in [-0.1, -0.05) is 12.1 Å². The smallest absolute Gasteiger partial charge is 0.257 e. The predicted octanol–water partition coefficient (Wildman–Crippen LogP) is 2.19. The van der Waals surface area contributed by atoms with Crippen LogP contribution in [-0.4, -0.2) is 66.6 Å². The van der Waals surface area contributed by atoms with Gasteiger partial charge in [0.05, 0.1) is 12.2 Å². The summed E-state index contributed by atoms with van der Waals surface area (Å²) < 4.78 is 5.12. The van der Waals surface area contributed by atoms with Gasteiger partial charge < -0.3 is 19.6 Å². The van der Waals surface area contributed by atoms with Crippen LogP contribution in [0.1, 0.15) is 41.6 Å². The molecule has 0 aliphatic carbocycles. The first-order valence-electron chi connectivity index (χ1n) is 9.30. The monoisotopic (exact) mass is 360 g/mol. The average Bonchev–Trinajstić information content (AvgIpc) is 2.64. The van der Waals surface area contributed by atoms with Gasteiger partial charge in [-0.15, -0.1) is 0 Å². The lowest BCUT2D eigenvalue weighted by Gasteiger charge is -2.48. The molecular weight excluding hydrogens is 332 g/mol. The fourth-order valence-corrected chi connectivity index (χ4v) is 4.22. The van der Waals surface area contributed by atoms with Crippen molar-refractivity contribution >= 4 is 11.8 Å². The Labute approximate surface area is 154 Å². The second kappa shape index (κ2) is 7.66. The van der Waals surface area contributed by atoms with Crippen LogP contribution < -0.4 is 0 Å². The predicted molar refractivity (Wildman–Crippen MR) is 98.1 cm³/mol. The Bertz CT molecular complexity index is 690. The van der Waals surface area contributed by atoms with Crippen LogP contribution >= 0.6 is 0 Å². The molecule has 2 aliphatic rings. The van der Waals surface area contributed by atoms with Crippen molar-refractivity contribution in [3.05, 3.63) is 29.3 Å². The zero-order valence-electron chi connectivity index (χ0n) is 15.7. The van der Waals surface area contributed by atoms with E-state index in [0.717, 1.165) is 19.3 Å². The van der Waals surface area contributed by atoms with Gasteiger partial charge in [-0.25, -0.2) is 0 Å². The van der Waals surface area contributed by atoms with Crippen LogP contribution in [0, 0.1) is 12.3 Å². The highest BCUT2D eigenvalue weighted by Crippen LogP contribution is 2.39. The minimum atomic E-state index is -0.120. The summed E-state index contributed by atoms with van der Waals surface area (Å²) in [5.41, 5.74) is 1.02. The molecule has 0 radical (unpaired) electrons. The van der Waals surface area contributed by atoms with E-state index in [9.17, 15) is 14.7 Å². The van der Waals surface area contributed by atoms with E-state index in [-0.39, 0.29) is 23.0 Å². The molecule has 26 heavy (non-hydrogen) atoms. The van der Waals surface area contributed by atoms with E-state index in [0.29, 0.717) is 50.3 Å². The van der Waals surface area contributed by atoms with Gasteiger partial charge in [-0.3, -0.25) is 9.59 Å². The Kier molecular flexibility index (Phi) is 5.51. The molecule has 0 saturated carbocycles. The molecule has 142 valence electrons. The Morgan fingerprint density at radius 2 is 2.12 bits per heavy atom. The van der Waals surface area contributed by atoms with Gasteiger partial charge in [0.2, 0.25) is 5.91 Å². The number of carbonyl (C=O) groups excluding carboxylic acids is 2. The zero-order valence-corrected chi connectivity index (χ0v) is 15.7. The molecule has 1 spiro atoms. The Morgan fingerprint density at radius 3 is 2.88 bits per heavy atom. The van der Waals surface area contributed by atoms with Crippen LogP contribution in [0.3, 0.4) is 0 Å². The lowest BCUT2D eigenvalue weighted by atomic mass is 9.73. The number of carbonyl (C=O) groups is 2. The van der Waals surface area contributed by atoms with Gasteiger partial charge in [-0.2, -0.15) is 0 Å². The second-order valence-electron chi connectivity index (χ2n) is 7.61. The Balaban J connectivity index is 1.75. The highest BCUT2D eigenvalue weighted by molar-refractivity contribution is 5.97. The molecule has 1 aromatic carbocycles. The number of nitrogens with zero attached hydrogens (tertiary/aromatic N) is 2. The number of phenols is 1. The second-order valence-corrected chi connectivity index (χ2v) is 7.61. The lowest BCUT2D eigenvalue weighted by Crippen LogP contribution is -2.55. The number of methoxy groups -OCH3 is 1. The molecule has 6 heteroatoms. The van der Waals surface area contributed by atoms with Gasteiger partial charge in [-0.05, 0) is 37.8 Å². The van der Waals surface area contributed by atoms with Gasteiger partial charge >= 0.3 is 0 Å². The maximum atomic E-state index is 13.0. The average molecular weight is 360 g/mol. The quantitative estimate of drug-likeness (QED) is 0.894. The summed E-state index contributed by atoms with van der Waals surface area (Å²) in [5.74, 6) is 0.121. The third kappa shape index (κ3) is 3.70. The van der Waals surface area contributed by atoms with Crippen LogP contribution in [0.25, 0.3) is 0 Å². The molecule has 2 heterocycles. The number of aryl methyl sites for hydroxylation is 1. The number of hydrogen-bond donors (Lipinski definition) is 1. The summed E-state index contributed by atoms with van der Waals surface area (Å²) in [6.45, 7) is 4.93. The summed E-state index contributed by atoms with van der Waals surface area (Å²) in [6, 6.07) is 5.28. The minimum absolute atomic E-state index is 0.0466. The van der Waals surface area contributed by atoms with Crippen molar-refractivity contribution in [3.8, 4) is 5.75 Å². The van der Waals surface area contributed by atoms with Crippen molar-refractivity contribution in [3.63, 3.8) is 0 Å². The third-order valence-corrected chi connectivity index (χ3v) is 5.73. The molecule has 6 nitrogen and oxygen atoms in total. The van der Waals surface area contributed by atoms with Crippen molar-refractivity contribution in [2.24, 2.45) is 5.41 Å². The normalized spacial score (nSPS) is 23.5. The van der Waals surface area contributed by atoms with Crippen molar-refractivity contribution < 1.29 is 19.4 Å². The molecule has 3 rings (SSSR count). The largest absolute Gasteiger partial charge is 0.507 e. The number of rotatable bonds is 4. The highest BCUT2D eigenvalue weighted by Gasteiger charge is 2.42. The zero-order chi connectivity index (χ0) is 18.7. The van der Waals surface area contributed by atoms with Crippen molar-refractivity contribution in [1.82, 2.24) is 9.80 Å². The number of amides is 2. The number of hydrogen-bond acceptors (Lipinski definition) is 4. The van der Waals surface area contributed by atoms with Gasteiger partial charge in [0, 0.05) is 45.1 Å². The fraction of sp³-hybridized carbons (Fsp3) is 0.600. The molecule has 0 bridgehead atoms. The molecule has 2 amide bonds. The number of benzene rings is 1. The highest BCUT2D eigenvalue weighted by atomic mass is 16.5. The number of aromatic hydroxyl groups is 1. The van der Waals surface area contributed by atoms with E-state index >= 15 is 0 Å². The van der Waals surface area contributed by atoms with Gasteiger partial charge in [0.25, 0.3) is 5.91 Å². The number of piperidine rings is 2. The standard InChI is InChI=1S/C20H28N2O4/c1-15-5-3-6-16(18(15)24)19(25)22-10-4-8-20(14-22)9-7-17(23)21(13-20)11-12-26-2/h3,5-6,24H,4,7-14H2,1-2H3/t20-/m0/s1. The van der Waals surface area contributed by atoms with Crippen LogP contribution in [0.15, 0.2) is 18.2 Å². The first-order chi connectivity index (χ1) is 12.5. The molecule has 0 unspecified atom stereocenters. The first-order valence-corrected chi connectivity index (χ1v) is 9.30. The molecule has 1 N–H and O–H groups in total. The maximum absolute atomic E-state index is 13.0. The van der Waals surface area contributed by atoms with Gasteiger partial charge in [0.1, 0.15) is 5.75 Å². The number of para-hydroxylation sites is 1. The molecule has 2 saturated heterocycles. The number of phenolic OH excluding ortho intramolecular Hbond substituents is 1. The SMILES string of the molecule is COCCN1C[C@]2(CCCN(C(=O)c3cccc(C)c3O)C2)CCC1=O.